The lowest BCUT2D eigenvalue weighted by atomic mass is 10.1. The van der Waals surface area contributed by atoms with E-state index in [-0.39, 0.29) is 25.1 Å². The van der Waals surface area contributed by atoms with Crippen molar-refractivity contribution in [1.82, 2.24) is 5.32 Å². The Hall–Kier alpha value is -1.85. The zero-order valence-electron chi connectivity index (χ0n) is 14.8. The van der Waals surface area contributed by atoms with Crippen molar-refractivity contribution in [2.75, 3.05) is 13.3 Å². The lowest BCUT2D eigenvalue weighted by molar-refractivity contribution is -0.144. The summed E-state index contributed by atoms with van der Waals surface area (Å²) in [5, 5.41) is 2.41. The minimum Gasteiger partial charge on any atom is -0.461 e. The van der Waals surface area contributed by atoms with Gasteiger partial charge in [0.15, 0.2) is 0 Å². The Kier molecular flexibility index (Phi) is 8.66. The van der Waals surface area contributed by atoms with Gasteiger partial charge in [-0.2, -0.15) is 0 Å². The van der Waals surface area contributed by atoms with E-state index in [1.807, 2.05) is 37.3 Å². The molecular weight excluding hydrogens is 345 g/mol. The van der Waals surface area contributed by atoms with Crippen LogP contribution >= 0.6 is 7.37 Å². The molecule has 2 N–H and O–H groups in total. The number of benzene rings is 1. The molecule has 0 aliphatic rings. The molecule has 25 heavy (non-hydrogen) atoms. The minimum absolute atomic E-state index is 0.116. The average Bonchev–Trinajstić information content (AvgIpc) is 2.62. The number of hydrogen-bond acceptors (Lipinski definition) is 5. The number of methoxy groups -OCH3 is 1. The number of ether oxygens (including phenoxy) is 2. The van der Waals surface area contributed by atoms with Gasteiger partial charge in [-0.1, -0.05) is 50.6 Å². The Morgan fingerprint density at radius 2 is 1.92 bits per heavy atom. The van der Waals surface area contributed by atoms with Gasteiger partial charge in [-0.3, -0.25) is 9.36 Å². The molecule has 0 heterocycles. The van der Waals surface area contributed by atoms with Crippen molar-refractivity contribution in [2.45, 2.75) is 39.1 Å². The summed E-state index contributed by atoms with van der Waals surface area (Å²) in [6, 6.07) is 9.17. The highest BCUT2D eigenvalue weighted by atomic mass is 31.2. The summed E-state index contributed by atoms with van der Waals surface area (Å²) < 4.78 is 22.2. The van der Waals surface area contributed by atoms with Crippen LogP contribution in [0.2, 0.25) is 0 Å². The van der Waals surface area contributed by atoms with E-state index in [4.69, 9.17) is 4.74 Å². The first kappa shape index (κ1) is 21.2. The predicted molar refractivity (Wildman–Crippen MR) is 94.3 cm³/mol. The monoisotopic (exact) mass is 371 g/mol. The molecular formula is C17H26NO6P. The maximum atomic E-state index is 12.6. The third kappa shape index (κ3) is 7.28. The van der Waals surface area contributed by atoms with Crippen LogP contribution in [0.4, 0.5) is 4.79 Å². The third-order valence-electron chi connectivity index (χ3n) is 3.95. The molecule has 1 amide bonds. The molecule has 0 bridgehead atoms. The Balaban J connectivity index is 2.59. The van der Waals surface area contributed by atoms with E-state index in [9.17, 15) is 19.0 Å². The van der Waals surface area contributed by atoms with E-state index in [2.05, 4.69) is 10.1 Å². The largest absolute Gasteiger partial charge is 0.461 e. The first-order chi connectivity index (χ1) is 11.8. The average molecular weight is 371 g/mol. The number of nitrogens with one attached hydrogen (secondary N) is 1. The number of carbonyl (C=O) groups is 2. The molecule has 0 aliphatic heterocycles. The van der Waals surface area contributed by atoms with Crippen LogP contribution in [0, 0.1) is 5.92 Å². The Morgan fingerprint density at radius 3 is 2.48 bits per heavy atom. The summed E-state index contributed by atoms with van der Waals surface area (Å²) >= 11 is 0. The van der Waals surface area contributed by atoms with Crippen LogP contribution in [0.1, 0.15) is 32.3 Å². The molecule has 0 aromatic heterocycles. The minimum atomic E-state index is -3.80. The van der Waals surface area contributed by atoms with Crippen LogP contribution in [-0.4, -0.2) is 36.0 Å². The topological polar surface area (TPSA) is 102 Å². The number of amides is 1. The molecule has 140 valence electrons. The number of esters is 1. The van der Waals surface area contributed by atoms with Crippen molar-refractivity contribution in [3.8, 4) is 0 Å². The van der Waals surface area contributed by atoms with Gasteiger partial charge in [-0.05, 0) is 11.5 Å². The van der Waals surface area contributed by atoms with Gasteiger partial charge in [0.25, 0.3) is 0 Å². The van der Waals surface area contributed by atoms with E-state index in [0.29, 0.717) is 6.42 Å². The lowest BCUT2D eigenvalue weighted by Gasteiger charge is -2.28. The highest BCUT2D eigenvalue weighted by Crippen LogP contribution is 2.49. The second-order valence-electron chi connectivity index (χ2n) is 5.84. The van der Waals surface area contributed by atoms with Crippen LogP contribution in [-0.2, 0) is 25.4 Å². The number of carbonyl (C=O) groups excluding carboxylic acids is 2. The van der Waals surface area contributed by atoms with Crippen molar-refractivity contribution in [3.63, 3.8) is 0 Å². The van der Waals surface area contributed by atoms with Crippen LogP contribution in [0.15, 0.2) is 30.3 Å². The second kappa shape index (κ2) is 10.2. The summed E-state index contributed by atoms with van der Waals surface area (Å²) in [6.07, 6.45) is -0.639. The zero-order chi connectivity index (χ0) is 18.9. The molecule has 0 radical (unpaired) electrons. The number of hydrogen-bond donors (Lipinski definition) is 2. The predicted octanol–water partition coefficient (Wildman–Crippen LogP) is 3.12. The maximum absolute atomic E-state index is 12.6. The lowest BCUT2D eigenvalue weighted by Crippen LogP contribution is -2.39. The van der Waals surface area contributed by atoms with E-state index in [1.54, 1.807) is 6.92 Å². The van der Waals surface area contributed by atoms with Crippen LogP contribution < -0.4 is 5.32 Å². The smallest absolute Gasteiger partial charge is 0.407 e. The molecule has 3 atom stereocenters. The summed E-state index contributed by atoms with van der Waals surface area (Å²) in [5.74, 6) is -1.76. The Bertz CT molecular complexity index is 606. The molecule has 0 spiro atoms. The molecule has 1 aromatic rings. The first-order valence-corrected chi connectivity index (χ1v) is 10.1. The molecule has 1 rings (SSSR count). The third-order valence-corrected chi connectivity index (χ3v) is 6.32. The molecule has 0 saturated heterocycles. The molecule has 1 aromatic carbocycles. The highest BCUT2D eigenvalue weighted by molar-refractivity contribution is 7.58. The summed E-state index contributed by atoms with van der Waals surface area (Å²) in [5.41, 5.74) is 0.841. The van der Waals surface area contributed by atoms with Crippen LogP contribution in [0.5, 0.6) is 0 Å². The maximum Gasteiger partial charge on any atom is 0.407 e. The molecule has 0 saturated carbocycles. The number of rotatable bonds is 9. The van der Waals surface area contributed by atoms with Gasteiger partial charge in [-0.15, -0.1) is 0 Å². The van der Waals surface area contributed by atoms with Gasteiger partial charge in [0.05, 0.1) is 13.5 Å². The van der Waals surface area contributed by atoms with Gasteiger partial charge in [0.1, 0.15) is 12.4 Å². The van der Waals surface area contributed by atoms with E-state index < -0.39 is 25.2 Å². The van der Waals surface area contributed by atoms with Crippen molar-refractivity contribution < 1.29 is 28.5 Å². The highest BCUT2D eigenvalue weighted by Gasteiger charge is 2.36. The van der Waals surface area contributed by atoms with E-state index >= 15 is 0 Å². The fourth-order valence-electron chi connectivity index (χ4n) is 2.24. The quantitative estimate of drug-likeness (QED) is 0.511. The summed E-state index contributed by atoms with van der Waals surface area (Å²) in [6.45, 7) is 3.73. The summed E-state index contributed by atoms with van der Waals surface area (Å²) in [4.78, 5) is 33.6. The fraction of sp³-hybridized carbons (Fsp3) is 0.529. The van der Waals surface area contributed by atoms with Gasteiger partial charge >= 0.3 is 12.1 Å². The SMILES string of the molecule is CCC(C)C(NC(=O)OC)P(=O)(O)CCC(=O)OCc1ccccc1. The van der Waals surface area contributed by atoms with Crippen LogP contribution in [0.3, 0.4) is 0 Å². The second-order valence-corrected chi connectivity index (χ2v) is 8.36. The molecule has 0 fully saturated rings. The molecule has 7 nitrogen and oxygen atoms in total. The normalized spacial score (nSPS) is 15.5. The fourth-order valence-corrected chi connectivity index (χ4v) is 4.34. The first-order valence-electron chi connectivity index (χ1n) is 8.15. The molecule has 0 aliphatic carbocycles. The molecule has 3 unspecified atom stereocenters. The van der Waals surface area contributed by atoms with Crippen molar-refractivity contribution in [1.29, 1.82) is 0 Å². The van der Waals surface area contributed by atoms with Crippen LogP contribution in [0.25, 0.3) is 0 Å². The van der Waals surface area contributed by atoms with E-state index in [1.165, 1.54) is 7.11 Å². The van der Waals surface area contributed by atoms with Crippen molar-refractivity contribution in [2.24, 2.45) is 5.92 Å². The Morgan fingerprint density at radius 1 is 1.28 bits per heavy atom. The zero-order valence-corrected chi connectivity index (χ0v) is 15.7. The Labute approximate surface area is 148 Å². The van der Waals surface area contributed by atoms with Gasteiger partial charge in [0, 0.05) is 6.16 Å². The summed E-state index contributed by atoms with van der Waals surface area (Å²) in [7, 11) is -2.62. The van der Waals surface area contributed by atoms with Crippen molar-refractivity contribution >= 4 is 19.4 Å². The molecule has 8 heteroatoms. The van der Waals surface area contributed by atoms with Crippen molar-refractivity contribution in [3.05, 3.63) is 35.9 Å². The standard InChI is InChI=1S/C17H26NO6P/c1-4-13(2)16(18-17(20)23-3)25(21,22)11-10-15(19)24-12-14-8-6-5-7-9-14/h5-9,13,16H,4,10-12H2,1-3H3,(H,18,20)(H,21,22). The van der Waals surface area contributed by atoms with Gasteiger partial charge in [-0.25, -0.2) is 4.79 Å². The van der Waals surface area contributed by atoms with E-state index in [0.717, 1.165) is 5.56 Å². The van der Waals surface area contributed by atoms with Gasteiger partial charge in [0.2, 0.25) is 7.37 Å². The number of alkyl carbamates (subject to hydrolysis) is 1. The van der Waals surface area contributed by atoms with Gasteiger partial charge < -0.3 is 19.7 Å².